The minimum Gasteiger partial charge on any atom is -0.285 e. The average Bonchev–Trinajstić information content (AvgIpc) is 2.55. The lowest BCUT2D eigenvalue weighted by atomic mass is 10.3. The van der Waals surface area contributed by atoms with E-state index >= 15 is 0 Å². The number of rotatable bonds is 1. The molecule has 0 fully saturated rings. The minimum absolute atomic E-state index is 0.818. The van der Waals surface area contributed by atoms with Gasteiger partial charge < -0.3 is 0 Å². The molecule has 0 aromatic carbocycles. The Balaban J connectivity index is 2.53. The fourth-order valence-electron chi connectivity index (χ4n) is 0.931. The Morgan fingerprint density at radius 2 is 2.45 bits per heavy atom. The summed E-state index contributed by atoms with van der Waals surface area (Å²) in [6.45, 7) is 0. The van der Waals surface area contributed by atoms with Gasteiger partial charge in [0.2, 0.25) is 0 Å². The van der Waals surface area contributed by atoms with Crippen molar-refractivity contribution in [3.8, 4) is 11.4 Å². The second-order valence-corrected chi connectivity index (χ2v) is 2.19. The fraction of sp³-hybridized carbons (Fsp3) is 0.167. The molecule has 0 saturated heterocycles. The second-order valence-electron chi connectivity index (χ2n) is 2.19. The summed E-state index contributed by atoms with van der Waals surface area (Å²) >= 11 is 0. The topological polar surface area (TPSA) is 59.4 Å². The van der Waals surface area contributed by atoms with Gasteiger partial charge in [-0.2, -0.15) is 10.2 Å². The maximum atomic E-state index is 4.05. The number of aromatic amines is 1. The lowest BCUT2D eigenvalue weighted by Crippen LogP contribution is -1.92. The molecule has 2 aromatic rings. The smallest absolute Gasteiger partial charge is 0.160 e. The Hall–Kier alpha value is -1.65. The predicted octanol–water partition coefficient (Wildman–Crippen LogP) is 0.205. The van der Waals surface area contributed by atoms with Crippen LogP contribution in [0.4, 0.5) is 0 Å². The lowest BCUT2D eigenvalue weighted by Gasteiger charge is -1.92. The molecular weight excluding hydrogens is 142 g/mol. The van der Waals surface area contributed by atoms with Gasteiger partial charge in [0.25, 0.3) is 0 Å². The largest absolute Gasteiger partial charge is 0.285 e. The zero-order chi connectivity index (χ0) is 7.68. The molecule has 11 heavy (non-hydrogen) atoms. The molecule has 2 aromatic heterocycles. The molecule has 0 spiro atoms. The van der Waals surface area contributed by atoms with Crippen LogP contribution >= 0.6 is 0 Å². The molecule has 0 aliphatic rings. The second kappa shape index (κ2) is 2.19. The van der Waals surface area contributed by atoms with E-state index in [1.165, 1.54) is 6.33 Å². The summed E-state index contributed by atoms with van der Waals surface area (Å²) in [5.41, 5.74) is 0.949. The van der Waals surface area contributed by atoms with Crippen molar-refractivity contribution >= 4 is 0 Å². The highest BCUT2D eigenvalue weighted by Gasteiger charge is 2.03. The highest BCUT2D eigenvalue weighted by atomic mass is 15.3. The summed E-state index contributed by atoms with van der Waals surface area (Å²) in [4.78, 5) is 4.05. The number of H-pyrrole nitrogens is 1. The molecule has 0 saturated carbocycles. The third kappa shape index (κ3) is 0.899. The summed E-state index contributed by atoms with van der Waals surface area (Å²) in [5, 5.41) is 10.5. The van der Waals surface area contributed by atoms with E-state index in [0.29, 0.717) is 0 Å². The number of nitrogens with one attached hydrogen (secondary N) is 1. The fourth-order valence-corrected chi connectivity index (χ4v) is 0.931. The molecule has 5 nitrogen and oxygen atoms in total. The maximum Gasteiger partial charge on any atom is 0.160 e. The van der Waals surface area contributed by atoms with Crippen molar-refractivity contribution < 1.29 is 0 Å². The van der Waals surface area contributed by atoms with Crippen LogP contribution in [0.15, 0.2) is 18.7 Å². The Morgan fingerprint density at radius 3 is 3.00 bits per heavy atom. The first-order valence-corrected chi connectivity index (χ1v) is 3.21. The minimum atomic E-state index is 0.818. The van der Waals surface area contributed by atoms with E-state index in [1.54, 1.807) is 17.1 Å². The quantitative estimate of drug-likeness (QED) is 0.630. The molecule has 0 atom stereocenters. The summed E-state index contributed by atoms with van der Waals surface area (Å²) in [6.07, 6.45) is 5.01. The van der Waals surface area contributed by atoms with Crippen LogP contribution in [0, 0.1) is 0 Å². The molecule has 2 heterocycles. The van der Waals surface area contributed by atoms with Gasteiger partial charge in [0.15, 0.2) is 5.82 Å². The van der Waals surface area contributed by atoms with Gasteiger partial charge >= 0.3 is 0 Å². The van der Waals surface area contributed by atoms with Crippen molar-refractivity contribution in [3.63, 3.8) is 0 Å². The van der Waals surface area contributed by atoms with Crippen LogP contribution in [0.25, 0.3) is 11.4 Å². The molecule has 1 N–H and O–H groups in total. The SMILES string of the molecule is Cn1ncnc1-c1cn[nH]c1. The van der Waals surface area contributed by atoms with E-state index in [2.05, 4.69) is 20.3 Å². The number of hydrogen-bond acceptors (Lipinski definition) is 3. The number of aromatic nitrogens is 5. The highest BCUT2D eigenvalue weighted by molar-refractivity contribution is 5.51. The van der Waals surface area contributed by atoms with Crippen LogP contribution in [0.1, 0.15) is 0 Å². The van der Waals surface area contributed by atoms with E-state index in [9.17, 15) is 0 Å². The van der Waals surface area contributed by atoms with Gasteiger partial charge in [-0.1, -0.05) is 0 Å². The molecule has 0 amide bonds. The summed E-state index contributed by atoms with van der Waals surface area (Å²) in [5.74, 6) is 0.818. The average molecular weight is 149 g/mol. The van der Waals surface area contributed by atoms with E-state index in [0.717, 1.165) is 11.4 Å². The van der Waals surface area contributed by atoms with Gasteiger partial charge in [0, 0.05) is 13.2 Å². The monoisotopic (exact) mass is 149 g/mol. The van der Waals surface area contributed by atoms with Crippen LogP contribution in [0.2, 0.25) is 0 Å². The van der Waals surface area contributed by atoms with Crippen molar-refractivity contribution in [2.45, 2.75) is 0 Å². The molecule has 5 heteroatoms. The first-order valence-electron chi connectivity index (χ1n) is 3.21. The van der Waals surface area contributed by atoms with Gasteiger partial charge in [0.05, 0.1) is 11.8 Å². The van der Waals surface area contributed by atoms with Gasteiger partial charge in [0.1, 0.15) is 6.33 Å². The number of nitrogens with zero attached hydrogens (tertiary/aromatic N) is 4. The highest BCUT2D eigenvalue weighted by Crippen LogP contribution is 2.11. The lowest BCUT2D eigenvalue weighted by molar-refractivity contribution is 0.774. The summed E-state index contributed by atoms with van der Waals surface area (Å²) in [6, 6.07) is 0. The van der Waals surface area contributed by atoms with Crippen LogP contribution < -0.4 is 0 Å². The van der Waals surface area contributed by atoms with Crippen molar-refractivity contribution in [1.29, 1.82) is 0 Å². The standard InChI is InChI=1S/C6H7N5/c1-11-6(7-4-10-11)5-2-8-9-3-5/h2-4H,1H3,(H,8,9). The Labute approximate surface area is 63.1 Å². The molecule has 0 unspecified atom stereocenters. The first-order chi connectivity index (χ1) is 5.38. The Morgan fingerprint density at radius 1 is 1.55 bits per heavy atom. The van der Waals surface area contributed by atoms with E-state index in [-0.39, 0.29) is 0 Å². The normalized spacial score (nSPS) is 10.3. The Kier molecular flexibility index (Phi) is 1.21. The molecular formula is C6H7N5. The molecule has 0 aliphatic heterocycles. The van der Waals surface area contributed by atoms with Gasteiger partial charge in [-0.05, 0) is 0 Å². The third-order valence-electron chi connectivity index (χ3n) is 1.47. The van der Waals surface area contributed by atoms with Gasteiger partial charge in [-0.25, -0.2) is 9.67 Å². The molecule has 0 bridgehead atoms. The van der Waals surface area contributed by atoms with Gasteiger partial charge in [-0.15, -0.1) is 0 Å². The first kappa shape index (κ1) is 6.09. The summed E-state index contributed by atoms with van der Waals surface area (Å²) in [7, 11) is 1.84. The van der Waals surface area contributed by atoms with E-state index in [4.69, 9.17) is 0 Å². The summed E-state index contributed by atoms with van der Waals surface area (Å²) < 4.78 is 1.70. The van der Waals surface area contributed by atoms with E-state index < -0.39 is 0 Å². The number of hydrogen-bond donors (Lipinski definition) is 1. The van der Waals surface area contributed by atoms with Gasteiger partial charge in [-0.3, -0.25) is 5.10 Å². The zero-order valence-corrected chi connectivity index (χ0v) is 6.02. The van der Waals surface area contributed by atoms with Crippen LogP contribution in [-0.2, 0) is 7.05 Å². The van der Waals surface area contributed by atoms with Crippen molar-refractivity contribution in [2.75, 3.05) is 0 Å². The maximum absolute atomic E-state index is 4.05. The Bertz CT molecular complexity index is 333. The molecule has 2 rings (SSSR count). The van der Waals surface area contributed by atoms with Crippen LogP contribution in [0.3, 0.4) is 0 Å². The molecule has 56 valence electrons. The van der Waals surface area contributed by atoms with Crippen LogP contribution in [0.5, 0.6) is 0 Å². The molecule has 0 radical (unpaired) electrons. The van der Waals surface area contributed by atoms with Crippen molar-refractivity contribution in [3.05, 3.63) is 18.7 Å². The number of aryl methyl sites for hydroxylation is 1. The van der Waals surface area contributed by atoms with Crippen molar-refractivity contribution in [2.24, 2.45) is 7.05 Å². The third-order valence-corrected chi connectivity index (χ3v) is 1.47. The zero-order valence-electron chi connectivity index (χ0n) is 6.02. The van der Waals surface area contributed by atoms with Crippen LogP contribution in [-0.4, -0.2) is 25.0 Å². The van der Waals surface area contributed by atoms with Crippen molar-refractivity contribution in [1.82, 2.24) is 25.0 Å². The predicted molar refractivity (Wildman–Crippen MR) is 38.6 cm³/mol. The van der Waals surface area contributed by atoms with E-state index in [1.807, 2.05) is 7.05 Å². The molecule has 0 aliphatic carbocycles.